The molecule has 10 nitrogen and oxygen atoms in total. The normalized spacial score (nSPS) is 11.0. The van der Waals surface area contributed by atoms with Crippen LogP contribution in [0.15, 0.2) is 61.1 Å². The first-order chi connectivity index (χ1) is 16.0. The Morgan fingerprint density at radius 3 is 2.45 bits per heavy atom. The third-order valence-corrected chi connectivity index (χ3v) is 5.08. The molecule has 0 amide bonds. The second kappa shape index (κ2) is 8.08. The van der Waals surface area contributed by atoms with Gasteiger partial charge in [-0.2, -0.15) is 0 Å². The van der Waals surface area contributed by atoms with Gasteiger partial charge in [-0.05, 0) is 42.8 Å². The molecule has 4 N–H and O–H groups in total. The molecular formula is C23H20N8O2. The smallest absolute Gasteiger partial charge is 0.322 e. The second-order valence-corrected chi connectivity index (χ2v) is 7.28. The average molecular weight is 440 g/mol. The molecule has 33 heavy (non-hydrogen) atoms. The standard InChI is InChI=1S/C23H20N8O2/c1-13-9-10-26-23(29-13)33-17-8-5-15(11-18(17)32-2)19-20(14-3-6-16(24)7-4-14)30-31-21(19)22(25)27-12-28-31/h3-12H,24H2,1-2H3,(H2,25,27,28). The van der Waals surface area contributed by atoms with E-state index in [-0.39, 0.29) is 6.01 Å². The third-order valence-electron chi connectivity index (χ3n) is 5.08. The lowest BCUT2D eigenvalue weighted by atomic mass is 9.99. The maximum atomic E-state index is 6.22. The first-order valence-corrected chi connectivity index (χ1v) is 10.0. The molecule has 3 aromatic heterocycles. The van der Waals surface area contributed by atoms with E-state index in [9.17, 15) is 0 Å². The number of aromatic nitrogens is 6. The van der Waals surface area contributed by atoms with Crippen molar-refractivity contribution in [3.8, 4) is 39.9 Å². The van der Waals surface area contributed by atoms with Crippen molar-refractivity contribution in [3.63, 3.8) is 0 Å². The molecule has 5 aromatic rings. The highest BCUT2D eigenvalue weighted by Gasteiger charge is 2.21. The molecule has 3 heterocycles. The van der Waals surface area contributed by atoms with E-state index in [0.29, 0.717) is 34.2 Å². The summed E-state index contributed by atoms with van der Waals surface area (Å²) >= 11 is 0. The summed E-state index contributed by atoms with van der Waals surface area (Å²) in [5.74, 6) is 1.28. The molecule has 10 heteroatoms. The number of benzene rings is 2. The molecule has 0 saturated heterocycles. The van der Waals surface area contributed by atoms with Crippen LogP contribution in [-0.4, -0.2) is 36.9 Å². The van der Waals surface area contributed by atoms with Crippen LogP contribution >= 0.6 is 0 Å². The molecule has 164 valence electrons. The Bertz CT molecular complexity index is 1460. The molecule has 2 aromatic carbocycles. The van der Waals surface area contributed by atoms with Gasteiger partial charge in [-0.25, -0.2) is 15.0 Å². The van der Waals surface area contributed by atoms with Crippen molar-refractivity contribution in [1.29, 1.82) is 0 Å². The van der Waals surface area contributed by atoms with Gasteiger partial charge >= 0.3 is 6.01 Å². The Balaban J connectivity index is 1.67. The van der Waals surface area contributed by atoms with Crippen molar-refractivity contribution in [3.05, 3.63) is 66.7 Å². The van der Waals surface area contributed by atoms with Crippen molar-refractivity contribution in [2.75, 3.05) is 18.6 Å². The summed E-state index contributed by atoms with van der Waals surface area (Å²) in [6, 6.07) is 15.0. The van der Waals surface area contributed by atoms with Gasteiger partial charge < -0.3 is 20.9 Å². The van der Waals surface area contributed by atoms with Crippen LogP contribution < -0.4 is 20.9 Å². The number of aryl methyl sites for hydroxylation is 1. The number of methoxy groups -OCH3 is 1. The van der Waals surface area contributed by atoms with Crippen LogP contribution in [0, 0.1) is 6.92 Å². The number of hydrogen-bond donors (Lipinski definition) is 2. The summed E-state index contributed by atoms with van der Waals surface area (Å²) in [6.07, 6.45) is 3.00. The SMILES string of the molecule is COc1cc(-c2c(-c3ccc(N)cc3)nn3ncnc(N)c23)ccc1Oc1nccc(C)n1. The van der Waals surface area contributed by atoms with Crippen LogP contribution in [0.25, 0.3) is 27.9 Å². The van der Waals surface area contributed by atoms with Gasteiger partial charge in [-0.1, -0.05) is 18.2 Å². The molecule has 0 saturated carbocycles. The molecule has 0 radical (unpaired) electrons. The Hall–Kier alpha value is -4.73. The van der Waals surface area contributed by atoms with E-state index in [1.54, 1.807) is 25.4 Å². The molecule has 5 rings (SSSR count). The predicted octanol–water partition coefficient (Wildman–Crippen LogP) is 3.52. The number of rotatable bonds is 5. The van der Waals surface area contributed by atoms with E-state index in [0.717, 1.165) is 22.4 Å². The van der Waals surface area contributed by atoms with Crippen molar-refractivity contribution in [2.45, 2.75) is 6.92 Å². The number of nitrogen functional groups attached to an aromatic ring is 2. The van der Waals surface area contributed by atoms with E-state index in [2.05, 4.69) is 25.1 Å². The molecule has 0 fully saturated rings. The molecule has 0 bridgehead atoms. The lowest BCUT2D eigenvalue weighted by Gasteiger charge is -2.12. The first kappa shape index (κ1) is 20.2. The topological polar surface area (TPSA) is 139 Å². The van der Waals surface area contributed by atoms with E-state index < -0.39 is 0 Å². The summed E-state index contributed by atoms with van der Waals surface area (Å²) < 4.78 is 12.9. The monoisotopic (exact) mass is 440 g/mol. The minimum absolute atomic E-state index is 0.234. The third kappa shape index (κ3) is 3.74. The fraction of sp³-hybridized carbons (Fsp3) is 0.0870. The molecule has 0 aliphatic heterocycles. The molecule has 0 aliphatic rings. The van der Waals surface area contributed by atoms with Gasteiger partial charge in [-0.3, -0.25) is 0 Å². The Morgan fingerprint density at radius 1 is 0.909 bits per heavy atom. The fourth-order valence-corrected chi connectivity index (χ4v) is 3.52. The highest BCUT2D eigenvalue weighted by molar-refractivity contribution is 5.96. The number of nitrogens with zero attached hydrogens (tertiary/aromatic N) is 6. The Labute approximate surface area is 188 Å². The van der Waals surface area contributed by atoms with Gasteiger partial charge in [-0.15, -0.1) is 14.8 Å². The molecule has 0 atom stereocenters. The van der Waals surface area contributed by atoms with Gasteiger partial charge in [0.1, 0.15) is 17.5 Å². The Kier molecular flexibility index (Phi) is 4.94. The van der Waals surface area contributed by atoms with Gasteiger partial charge in [0, 0.05) is 28.7 Å². The summed E-state index contributed by atoms with van der Waals surface area (Å²) in [6.45, 7) is 1.87. The zero-order valence-electron chi connectivity index (χ0n) is 17.9. The zero-order valence-corrected chi connectivity index (χ0v) is 17.9. The molecular weight excluding hydrogens is 420 g/mol. The molecule has 0 aliphatic carbocycles. The van der Waals surface area contributed by atoms with Crippen LogP contribution in [0.1, 0.15) is 5.69 Å². The van der Waals surface area contributed by atoms with Crippen molar-refractivity contribution >= 4 is 17.0 Å². The van der Waals surface area contributed by atoms with Gasteiger partial charge in [0.25, 0.3) is 0 Å². The Morgan fingerprint density at radius 2 is 1.70 bits per heavy atom. The number of fused-ring (bicyclic) bond motifs is 1. The summed E-state index contributed by atoms with van der Waals surface area (Å²) in [4.78, 5) is 12.6. The number of ether oxygens (including phenoxy) is 2. The molecule has 0 unspecified atom stereocenters. The highest BCUT2D eigenvalue weighted by atomic mass is 16.5. The van der Waals surface area contributed by atoms with E-state index in [1.165, 1.54) is 11.0 Å². The van der Waals surface area contributed by atoms with Gasteiger partial charge in [0.05, 0.1) is 7.11 Å². The van der Waals surface area contributed by atoms with E-state index in [4.69, 9.17) is 20.9 Å². The van der Waals surface area contributed by atoms with E-state index in [1.807, 2.05) is 43.3 Å². The summed E-state index contributed by atoms with van der Waals surface area (Å²) in [7, 11) is 1.57. The van der Waals surface area contributed by atoms with Crippen LogP contribution in [-0.2, 0) is 0 Å². The molecule has 0 spiro atoms. The minimum atomic E-state index is 0.234. The van der Waals surface area contributed by atoms with E-state index >= 15 is 0 Å². The lowest BCUT2D eigenvalue weighted by molar-refractivity contribution is 0.368. The maximum Gasteiger partial charge on any atom is 0.322 e. The largest absolute Gasteiger partial charge is 0.493 e. The second-order valence-electron chi connectivity index (χ2n) is 7.28. The maximum absolute atomic E-state index is 6.22. The number of anilines is 2. The van der Waals surface area contributed by atoms with Gasteiger partial charge in [0.15, 0.2) is 17.3 Å². The average Bonchev–Trinajstić information content (AvgIpc) is 3.21. The summed E-state index contributed by atoms with van der Waals surface area (Å²) in [5.41, 5.74) is 17.2. The minimum Gasteiger partial charge on any atom is -0.493 e. The number of hydrogen-bond acceptors (Lipinski definition) is 9. The van der Waals surface area contributed by atoms with Crippen LogP contribution in [0.3, 0.4) is 0 Å². The number of nitrogens with two attached hydrogens (primary N) is 2. The zero-order chi connectivity index (χ0) is 22.9. The van der Waals surface area contributed by atoms with Crippen molar-refractivity contribution in [1.82, 2.24) is 29.8 Å². The summed E-state index contributed by atoms with van der Waals surface area (Å²) in [5, 5.41) is 8.89. The van der Waals surface area contributed by atoms with Crippen molar-refractivity contribution < 1.29 is 9.47 Å². The van der Waals surface area contributed by atoms with Crippen LogP contribution in [0.5, 0.6) is 17.5 Å². The quantitative estimate of drug-likeness (QED) is 0.393. The lowest BCUT2D eigenvalue weighted by Crippen LogP contribution is -2.00. The van der Waals surface area contributed by atoms with Crippen LogP contribution in [0.2, 0.25) is 0 Å². The fourth-order valence-electron chi connectivity index (χ4n) is 3.52. The van der Waals surface area contributed by atoms with Gasteiger partial charge in [0.2, 0.25) is 0 Å². The first-order valence-electron chi connectivity index (χ1n) is 10.0. The predicted molar refractivity (Wildman–Crippen MR) is 124 cm³/mol. The van der Waals surface area contributed by atoms with Crippen molar-refractivity contribution in [2.24, 2.45) is 0 Å². The van der Waals surface area contributed by atoms with Crippen LogP contribution in [0.4, 0.5) is 11.5 Å². The highest BCUT2D eigenvalue weighted by Crippen LogP contribution is 2.41.